The minimum absolute atomic E-state index is 0.0391. The molecule has 0 unspecified atom stereocenters. The normalized spacial score (nSPS) is 10.3. The van der Waals surface area contributed by atoms with Crippen molar-refractivity contribution in [1.82, 2.24) is 4.98 Å². The Labute approximate surface area is 105 Å². The van der Waals surface area contributed by atoms with Crippen LogP contribution in [0.2, 0.25) is 0 Å². The fourth-order valence-electron chi connectivity index (χ4n) is 1.25. The van der Waals surface area contributed by atoms with Gasteiger partial charge in [-0.3, -0.25) is 0 Å². The fraction of sp³-hybridized carbons (Fsp3) is 0. The molecule has 0 fully saturated rings. The quantitative estimate of drug-likeness (QED) is 0.835. The highest BCUT2D eigenvalue weighted by Gasteiger charge is 2.08. The average molecular weight is 300 g/mol. The smallest absolute Gasteiger partial charge is 0.147 e. The van der Waals surface area contributed by atoms with E-state index in [1.807, 2.05) is 0 Å². The van der Waals surface area contributed by atoms with Crippen LogP contribution in [0.4, 0.5) is 26.0 Å². The summed E-state index contributed by atoms with van der Waals surface area (Å²) >= 11 is 2.90. The molecule has 0 spiro atoms. The molecule has 0 aliphatic heterocycles. The molecule has 0 aliphatic rings. The van der Waals surface area contributed by atoms with E-state index < -0.39 is 11.6 Å². The third-order valence-electron chi connectivity index (χ3n) is 2.08. The zero-order chi connectivity index (χ0) is 12.4. The van der Waals surface area contributed by atoms with Crippen LogP contribution >= 0.6 is 15.9 Å². The number of hydrogen-bond acceptors (Lipinski definition) is 3. The summed E-state index contributed by atoms with van der Waals surface area (Å²) in [5.74, 6) is -0.745. The van der Waals surface area contributed by atoms with E-state index in [1.165, 1.54) is 6.20 Å². The molecule has 3 N–H and O–H groups in total. The van der Waals surface area contributed by atoms with Crippen LogP contribution in [0, 0.1) is 11.6 Å². The van der Waals surface area contributed by atoms with Gasteiger partial charge in [-0.25, -0.2) is 13.8 Å². The van der Waals surface area contributed by atoms with Gasteiger partial charge in [-0.2, -0.15) is 0 Å². The second-order valence-electron chi connectivity index (χ2n) is 3.34. The Morgan fingerprint density at radius 2 is 1.94 bits per heavy atom. The molecule has 0 amide bonds. The van der Waals surface area contributed by atoms with E-state index in [0.29, 0.717) is 11.5 Å². The molecule has 2 rings (SSSR count). The molecule has 6 heteroatoms. The third-order valence-corrected chi connectivity index (χ3v) is 2.68. The van der Waals surface area contributed by atoms with Gasteiger partial charge in [-0.05, 0) is 34.1 Å². The van der Waals surface area contributed by atoms with Crippen molar-refractivity contribution in [2.75, 3.05) is 11.1 Å². The van der Waals surface area contributed by atoms with Gasteiger partial charge in [-0.1, -0.05) is 0 Å². The SMILES string of the molecule is Nc1ccc(Nc2cc(F)c(Br)cc2F)cn1. The van der Waals surface area contributed by atoms with Crippen LogP contribution in [0.1, 0.15) is 0 Å². The van der Waals surface area contributed by atoms with Crippen molar-refractivity contribution in [2.45, 2.75) is 0 Å². The Hall–Kier alpha value is -1.69. The summed E-state index contributed by atoms with van der Waals surface area (Å²) in [6.07, 6.45) is 1.44. The van der Waals surface area contributed by atoms with Crippen LogP contribution in [-0.2, 0) is 0 Å². The first-order valence-electron chi connectivity index (χ1n) is 4.69. The van der Waals surface area contributed by atoms with Crippen LogP contribution in [-0.4, -0.2) is 4.98 Å². The number of benzene rings is 1. The van der Waals surface area contributed by atoms with E-state index in [9.17, 15) is 8.78 Å². The average Bonchev–Trinajstić information content (AvgIpc) is 2.29. The Morgan fingerprint density at radius 1 is 1.18 bits per heavy atom. The van der Waals surface area contributed by atoms with Gasteiger partial charge in [0.2, 0.25) is 0 Å². The standard InChI is InChI=1S/C11H8BrF2N3/c12-7-3-9(14)10(4-8(7)13)17-6-1-2-11(15)16-5-6/h1-5,17H,(H2,15,16). The Bertz CT molecular complexity index is 543. The summed E-state index contributed by atoms with van der Waals surface area (Å²) in [4.78, 5) is 3.83. The van der Waals surface area contributed by atoms with Crippen molar-refractivity contribution in [1.29, 1.82) is 0 Å². The molecule has 0 saturated heterocycles. The van der Waals surface area contributed by atoms with E-state index >= 15 is 0 Å². The second-order valence-corrected chi connectivity index (χ2v) is 4.20. The van der Waals surface area contributed by atoms with E-state index in [-0.39, 0.29) is 10.2 Å². The van der Waals surface area contributed by atoms with Gasteiger partial charge in [0.05, 0.1) is 22.0 Å². The first kappa shape index (κ1) is 11.8. The third kappa shape index (κ3) is 2.71. The van der Waals surface area contributed by atoms with Crippen molar-refractivity contribution < 1.29 is 8.78 Å². The van der Waals surface area contributed by atoms with Gasteiger partial charge in [-0.15, -0.1) is 0 Å². The van der Waals surface area contributed by atoms with E-state index in [2.05, 4.69) is 26.2 Å². The van der Waals surface area contributed by atoms with Crippen LogP contribution in [0.15, 0.2) is 34.9 Å². The van der Waals surface area contributed by atoms with Crippen molar-refractivity contribution in [3.8, 4) is 0 Å². The lowest BCUT2D eigenvalue weighted by atomic mass is 10.3. The van der Waals surface area contributed by atoms with Crippen molar-refractivity contribution >= 4 is 33.1 Å². The van der Waals surface area contributed by atoms with Gasteiger partial charge in [0, 0.05) is 6.07 Å². The lowest BCUT2D eigenvalue weighted by Gasteiger charge is -2.08. The van der Waals surface area contributed by atoms with Crippen LogP contribution in [0.3, 0.4) is 0 Å². The maximum absolute atomic E-state index is 13.5. The highest BCUT2D eigenvalue weighted by Crippen LogP contribution is 2.25. The number of aromatic nitrogens is 1. The topological polar surface area (TPSA) is 50.9 Å². The number of hydrogen-bond donors (Lipinski definition) is 2. The van der Waals surface area contributed by atoms with Crippen molar-refractivity contribution in [2.24, 2.45) is 0 Å². The highest BCUT2D eigenvalue weighted by atomic mass is 79.9. The number of halogens is 3. The molecule has 0 bridgehead atoms. The van der Waals surface area contributed by atoms with Gasteiger partial charge in [0.1, 0.15) is 17.5 Å². The molecule has 0 saturated carbocycles. The number of pyridine rings is 1. The maximum Gasteiger partial charge on any atom is 0.147 e. The predicted octanol–water partition coefficient (Wildman–Crippen LogP) is 3.45. The number of nitrogens with one attached hydrogen (secondary N) is 1. The first-order chi connectivity index (χ1) is 8.06. The number of rotatable bonds is 2. The van der Waals surface area contributed by atoms with Gasteiger partial charge >= 0.3 is 0 Å². The Morgan fingerprint density at radius 3 is 2.59 bits per heavy atom. The second kappa shape index (κ2) is 4.67. The minimum Gasteiger partial charge on any atom is -0.384 e. The van der Waals surface area contributed by atoms with Crippen LogP contribution in [0.5, 0.6) is 0 Å². The van der Waals surface area contributed by atoms with E-state index in [4.69, 9.17) is 5.73 Å². The molecular formula is C11H8BrF2N3. The monoisotopic (exact) mass is 299 g/mol. The Kier molecular flexibility index (Phi) is 3.23. The molecule has 88 valence electrons. The molecule has 1 aromatic carbocycles. The maximum atomic E-state index is 13.5. The molecule has 0 aliphatic carbocycles. The van der Waals surface area contributed by atoms with E-state index in [0.717, 1.165) is 12.1 Å². The fourth-order valence-corrected chi connectivity index (χ4v) is 1.57. The van der Waals surface area contributed by atoms with Gasteiger partial charge in [0.15, 0.2) is 0 Å². The van der Waals surface area contributed by atoms with Crippen molar-refractivity contribution in [3.63, 3.8) is 0 Å². The number of nitrogens with zero attached hydrogens (tertiary/aromatic N) is 1. The molecule has 1 aromatic heterocycles. The molecule has 1 heterocycles. The summed E-state index contributed by atoms with van der Waals surface area (Å²) in [5, 5.41) is 2.71. The molecule has 0 atom stereocenters. The largest absolute Gasteiger partial charge is 0.384 e. The predicted molar refractivity (Wildman–Crippen MR) is 66.0 cm³/mol. The molecular weight excluding hydrogens is 292 g/mol. The molecule has 3 nitrogen and oxygen atoms in total. The summed E-state index contributed by atoms with van der Waals surface area (Å²) < 4.78 is 26.8. The van der Waals surface area contributed by atoms with Crippen LogP contribution < -0.4 is 11.1 Å². The summed E-state index contributed by atoms with van der Waals surface area (Å²) in [6, 6.07) is 5.31. The summed E-state index contributed by atoms with van der Waals surface area (Å²) in [5.41, 5.74) is 5.98. The lowest BCUT2D eigenvalue weighted by Crippen LogP contribution is -1.97. The van der Waals surface area contributed by atoms with E-state index in [1.54, 1.807) is 12.1 Å². The summed E-state index contributed by atoms with van der Waals surface area (Å²) in [6.45, 7) is 0. The zero-order valence-corrected chi connectivity index (χ0v) is 10.1. The molecule has 0 radical (unpaired) electrons. The highest BCUT2D eigenvalue weighted by molar-refractivity contribution is 9.10. The molecule has 17 heavy (non-hydrogen) atoms. The van der Waals surface area contributed by atoms with Gasteiger partial charge < -0.3 is 11.1 Å². The molecule has 2 aromatic rings. The number of nitrogens with two attached hydrogens (primary N) is 1. The Balaban J connectivity index is 2.30. The zero-order valence-electron chi connectivity index (χ0n) is 8.55. The number of anilines is 3. The van der Waals surface area contributed by atoms with Gasteiger partial charge in [0.25, 0.3) is 0 Å². The minimum atomic E-state index is -0.560. The van der Waals surface area contributed by atoms with Crippen molar-refractivity contribution in [3.05, 3.63) is 46.6 Å². The first-order valence-corrected chi connectivity index (χ1v) is 5.48. The number of nitrogen functional groups attached to an aromatic ring is 1. The summed E-state index contributed by atoms with van der Waals surface area (Å²) in [7, 11) is 0. The van der Waals surface area contributed by atoms with Crippen LogP contribution in [0.25, 0.3) is 0 Å². The lowest BCUT2D eigenvalue weighted by molar-refractivity contribution is 0.598.